The molecule has 0 aliphatic carbocycles. The average molecular weight is 405 g/mol. The number of nitrogens with zero attached hydrogens (tertiary/aromatic N) is 3. The number of ether oxygens (including phenoxy) is 2. The van der Waals surface area contributed by atoms with E-state index < -0.39 is 5.72 Å². The molecule has 5 rings (SSSR count). The van der Waals surface area contributed by atoms with Gasteiger partial charge in [0.1, 0.15) is 11.5 Å². The first kappa shape index (κ1) is 19.0. The molecular formula is C24H27N3O3. The zero-order chi connectivity index (χ0) is 20.7. The van der Waals surface area contributed by atoms with E-state index >= 15 is 0 Å². The number of benzene rings is 2. The van der Waals surface area contributed by atoms with E-state index in [1.165, 1.54) is 5.56 Å². The minimum absolute atomic E-state index is 0.123. The number of hydrazone groups is 1. The Bertz CT molecular complexity index is 977. The zero-order valence-electron chi connectivity index (χ0n) is 17.5. The number of para-hydroxylation sites is 1. The molecule has 3 aliphatic rings. The second kappa shape index (κ2) is 7.35. The number of amides is 1. The Balaban J connectivity index is 1.49. The number of rotatable bonds is 3. The summed E-state index contributed by atoms with van der Waals surface area (Å²) < 4.78 is 12.2. The fourth-order valence-electron chi connectivity index (χ4n) is 4.82. The number of carbonyl (C=O) groups excluding carboxylic acids is 1. The van der Waals surface area contributed by atoms with E-state index in [4.69, 9.17) is 14.6 Å². The first-order valence-electron chi connectivity index (χ1n) is 10.7. The summed E-state index contributed by atoms with van der Waals surface area (Å²) in [4.78, 5) is 13.7. The maximum absolute atomic E-state index is 11.8. The number of hydrogen-bond donors (Lipinski definition) is 0. The largest absolute Gasteiger partial charge is 0.494 e. The molecule has 0 unspecified atom stereocenters. The molecule has 6 heteroatoms. The normalized spacial score (nSPS) is 21.5. The van der Waals surface area contributed by atoms with Crippen molar-refractivity contribution in [2.24, 2.45) is 5.10 Å². The molecule has 1 atom stereocenters. The van der Waals surface area contributed by atoms with Gasteiger partial charge in [0.2, 0.25) is 11.6 Å². The van der Waals surface area contributed by atoms with E-state index in [-0.39, 0.29) is 11.9 Å². The van der Waals surface area contributed by atoms with Gasteiger partial charge in [-0.25, -0.2) is 5.01 Å². The van der Waals surface area contributed by atoms with Gasteiger partial charge in [0, 0.05) is 44.8 Å². The third kappa shape index (κ3) is 3.11. The fraction of sp³-hybridized carbons (Fsp3) is 0.417. The molecule has 0 aromatic heterocycles. The Morgan fingerprint density at radius 2 is 1.90 bits per heavy atom. The quantitative estimate of drug-likeness (QED) is 0.776. The topological polar surface area (TPSA) is 54.4 Å². The van der Waals surface area contributed by atoms with Crippen LogP contribution < -0.4 is 9.47 Å². The molecule has 1 fully saturated rings. The molecule has 2 aromatic carbocycles. The third-order valence-corrected chi connectivity index (χ3v) is 6.39. The highest BCUT2D eigenvalue weighted by atomic mass is 16.5. The van der Waals surface area contributed by atoms with Gasteiger partial charge in [-0.05, 0) is 42.8 Å². The lowest BCUT2D eigenvalue weighted by Crippen LogP contribution is -2.59. The minimum atomic E-state index is -0.502. The molecule has 0 N–H and O–H groups in total. The van der Waals surface area contributed by atoms with Crippen LogP contribution >= 0.6 is 0 Å². The molecular weight excluding hydrogens is 378 g/mol. The maximum atomic E-state index is 11.8. The monoisotopic (exact) mass is 405 g/mol. The van der Waals surface area contributed by atoms with Gasteiger partial charge in [0.05, 0.1) is 18.4 Å². The summed E-state index contributed by atoms with van der Waals surface area (Å²) in [7, 11) is 0. The van der Waals surface area contributed by atoms with Crippen LogP contribution in [0.2, 0.25) is 0 Å². The highest BCUT2D eigenvalue weighted by Gasteiger charge is 2.51. The van der Waals surface area contributed by atoms with Crippen molar-refractivity contribution in [2.45, 2.75) is 44.9 Å². The molecule has 3 aliphatic heterocycles. The van der Waals surface area contributed by atoms with Gasteiger partial charge in [0.25, 0.3) is 0 Å². The number of likely N-dealkylation sites (tertiary alicyclic amines) is 1. The smallest absolute Gasteiger partial charge is 0.219 e. The lowest BCUT2D eigenvalue weighted by molar-refractivity contribution is -0.158. The van der Waals surface area contributed by atoms with Crippen molar-refractivity contribution in [3.05, 3.63) is 59.7 Å². The third-order valence-electron chi connectivity index (χ3n) is 6.39. The van der Waals surface area contributed by atoms with Crippen LogP contribution in [0, 0.1) is 0 Å². The van der Waals surface area contributed by atoms with Crippen LogP contribution in [0.5, 0.6) is 11.5 Å². The van der Waals surface area contributed by atoms with Gasteiger partial charge in [-0.1, -0.05) is 18.2 Å². The predicted molar refractivity (Wildman–Crippen MR) is 115 cm³/mol. The fourth-order valence-corrected chi connectivity index (χ4v) is 4.82. The van der Waals surface area contributed by atoms with Gasteiger partial charge >= 0.3 is 0 Å². The first-order valence-corrected chi connectivity index (χ1v) is 10.7. The predicted octanol–water partition coefficient (Wildman–Crippen LogP) is 3.97. The minimum Gasteiger partial charge on any atom is -0.494 e. The molecule has 0 saturated carbocycles. The van der Waals surface area contributed by atoms with Crippen molar-refractivity contribution in [3.8, 4) is 11.5 Å². The van der Waals surface area contributed by atoms with Crippen LogP contribution in [0.25, 0.3) is 0 Å². The summed E-state index contributed by atoms with van der Waals surface area (Å²) in [6, 6.07) is 16.6. The second-order valence-corrected chi connectivity index (χ2v) is 8.16. The van der Waals surface area contributed by atoms with Crippen molar-refractivity contribution in [1.82, 2.24) is 9.91 Å². The van der Waals surface area contributed by atoms with Gasteiger partial charge in [-0.15, -0.1) is 0 Å². The molecule has 2 aromatic rings. The molecule has 156 valence electrons. The van der Waals surface area contributed by atoms with Crippen LogP contribution in [-0.4, -0.2) is 46.9 Å². The second-order valence-electron chi connectivity index (χ2n) is 8.16. The molecule has 30 heavy (non-hydrogen) atoms. The van der Waals surface area contributed by atoms with E-state index in [2.05, 4.69) is 35.3 Å². The first-order chi connectivity index (χ1) is 14.6. The van der Waals surface area contributed by atoms with Crippen molar-refractivity contribution < 1.29 is 14.3 Å². The highest BCUT2D eigenvalue weighted by Crippen LogP contribution is 2.49. The Morgan fingerprint density at radius 3 is 2.60 bits per heavy atom. The number of carbonyl (C=O) groups is 1. The molecule has 1 saturated heterocycles. The van der Waals surface area contributed by atoms with Gasteiger partial charge in [-0.2, -0.15) is 5.10 Å². The molecule has 3 heterocycles. The van der Waals surface area contributed by atoms with Crippen molar-refractivity contribution in [3.63, 3.8) is 0 Å². The van der Waals surface area contributed by atoms with Crippen LogP contribution in [-0.2, 0) is 4.79 Å². The molecule has 0 radical (unpaired) electrons. The number of fused-ring (bicyclic) bond motifs is 4. The van der Waals surface area contributed by atoms with Crippen molar-refractivity contribution in [2.75, 3.05) is 19.7 Å². The summed E-state index contributed by atoms with van der Waals surface area (Å²) in [6.07, 6.45) is 2.33. The molecule has 0 bridgehead atoms. The summed E-state index contributed by atoms with van der Waals surface area (Å²) >= 11 is 0. The molecule has 1 amide bonds. The van der Waals surface area contributed by atoms with Gasteiger partial charge in [0.15, 0.2) is 0 Å². The van der Waals surface area contributed by atoms with Crippen LogP contribution in [0.15, 0.2) is 53.6 Å². The Morgan fingerprint density at radius 1 is 1.17 bits per heavy atom. The zero-order valence-corrected chi connectivity index (χ0v) is 17.5. The Kier molecular flexibility index (Phi) is 4.65. The summed E-state index contributed by atoms with van der Waals surface area (Å²) in [6.45, 7) is 5.66. The number of piperidine rings is 1. The standard InChI is InChI=1S/C24H27N3O3/c1-3-29-19-10-8-18(9-11-19)21-16-22-20-6-4-5-7-23(20)30-24(27(22)25-21)12-14-26(15-13-24)17(2)28/h4-11,22H,3,12-16H2,1-2H3/t22-/m1/s1. The van der Waals surface area contributed by atoms with Crippen LogP contribution in [0.1, 0.15) is 50.3 Å². The lowest BCUT2D eigenvalue weighted by atomic mass is 9.90. The molecule has 6 nitrogen and oxygen atoms in total. The van der Waals surface area contributed by atoms with Crippen molar-refractivity contribution in [1.29, 1.82) is 0 Å². The average Bonchev–Trinajstić information content (AvgIpc) is 3.22. The summed E-state index contributed by atoms with van der Waals surface area (Å²) in [5, 5.41) is 7.26. The summed E-state index contributed by atoms with van der Waals surface area (Å²) in [5.74, 6) is 1.94. The molecule has 1 spiro atoms. The lowest BCUT2D eigenvalue weighted by Gasteiger charge is -2.51. The highest BCUT2D eigenvalue weighted by molar-refractivity contribution is 6.02. The van der Waals surface area contributed by atoms with E-state index in [1.807, 2.05) is 30.0 Å². The van der Waals surface area contributed by atoms with E-state index in [1.54, 1.807) is 6.92 Å². The van der Waals surface area contributed by atoms with Crippen molar-refractivity contribution >= 4 is 11.6 Å². The van der Waals surface area contributed by atoms with Crippen LogP contribution in [0.3, 0.4) is 0 Å². The maximum Gasteiger partial charge on any atom is 0.219 e. The van der Waals surface area contributed by atoms with Gasteiger partial charge in [-0.3, -0.25) is 4.79 Å². The Hall–Kier alpha value is -3.02. The van der Waals surface area contributed by atoms with Crippen LogP contribution in [0.4, 0.5) is 0 Å². The van der Waals surface area contributed by atoms with Gasteiger partial charge < -0.3 is 14.4 Å². The SMILES string of the molecule is CCOc1ccc(C2=NN3[C@H](C2)c2ccccc2OC32CCN(C(C)=O)CC2)cc1. The summed E-state index contributed by atoms with van der Waals surface area (Å²) in [5.41, 5.74) is 2.86. The van der Waals surface area contributed by atoms with E-state index in [0.717, 1.165) is 42.0 Å². The Labute approximate surface area is 177 Å². The van der Waals surface area contributed by atoms with E-state index in [9.17, 15) is 4.79 Å². The number of hydrogen-bond acceptors (Lipinski definition) is 5. The van der Waals surface area contributed by atoms with E-state index in [0.29, 0.717) is 19.7 Å².